The molecule has 0 radical (unpaired) electrons. The van der Waals surface area contributed by atoms with Crippen molar-refractivity contribution >= 4 is 33.2 Å². The van der Waals surface area contributed by atoms with E-state index >= 15 is 0 Å². The zero-order valence-corrected chi connectivity index (χ0v) is 17.6. The molecule has 0 atom stereocenters. The fraction of sp³-hybridized carbons (Fsp3) is 0.211. The van der Waals surface area contributed by atoms with E-state index in [9.17, 15) is 13.2 Å². The quantitative estimate of drug-likeness (QED) is 0.643. The van der Waals surface area contributed by atoms with E-state index in [1.165, 1.54) is 34.2 Å². The number of benzene rings is 1. The maximum absolute atomic E-state index is 12.9. The smallest absolute Gasteiger partial charge is 0.257 e. The molecule has 0 aliphatic heterocycles. The summed E-state index contributed by atoms with van der Waals surface area (Å²) in [6.45, 7) is 3.53. The van der Waals surface area contributed by atoms with Crippen LogP contribution in [-0.4, -0.2) is 46.5 Å². The van der Waals surface area contributed by atoms with Gasteiger partial charge in [-0.05, 0) is 50.2 Å². The van der Waals surface area contributed by atoms with Crippen LogP contribution < -0.4 is 5.32 Å². The van der Waals surface area contributed by atoms with E-state index in [1.807, 2.05) is 0 Å². The Morgan fingerprint density at radius 2 is 1.97 bits per heavy atom. The Bertz CT molecular complexity index is 1130. The Kier molecular flexibility index (Phi) is 6.02. The molecular formula is C19H20ClN5O3S. The van der Waals surface area contributed by atoms with Gasteiger partial charge in [0, 0.05) is 31.7 Å². The predicted molar refractivity (Wildman–Crippen MR) is 111 cm³/mol. The maximum atomic E-state index is 12.9. The van der Waals surface area contributed by atoms with Crippen LogP contribution in [0.4, 0.5) is 5.69 Å². The Hall–Kier alpha value is -2.75. The van der Waals surface area contributed by atoms with Gasteiger partial charge in [-0.2, -0.15) is 9.40 Å². The molecule has 1 aromatic carbocycles. The summed E-state index contributed by atoms with van der Waals surface area (Å²) in [5, 5.41) is 6.99. The van der Waals surface area contributed by atoms with Gasteiger partial charge >= 0.3 is 0 Å². The summed E-state index contributed by atoms with van der Waals surface area (Å²) in [5.74, 6) is -0.133. The molecule has 1 amide bonds. The van der Waals surface area contributed by atoms with E-state index in [1.54, 1.807) is 50.6 Å². The van der Waals surface area contributed by atoms with Gasteiger partial charge in [0.05, 0.1) is 21.2 Å². The second kappa shape index (κ2) is 8.32. The van der Waals surface area contributed by atoms with Crippen LogP contribution in [0, 0.1) is 0 Å². The normalized spacial score (nSPS) is 11.8. The molecule has 152 valence electrons. The van der Waals surface area contributed by atoms with Crippen LogP contribution in [-0.2, 0) is 10.0 Å². The van der Waals surface area contributed by atoms with E-state index in [0.29, 0.717) is 11.5 Å². The number of rotatable bonds is 6. The third-order valence-electron chi connectivity index (χ3n) is 4.34. The lowest BCUT2D eigenvalue weighted by Gasteiger charge is -2.21. The third-order valence-corrected chi connectivity index (χ3v) is 6.70. The van der Waals surface area contributed by atoms with Crippen LogP contribution in [0.2, 0.25) is 5.02 Å². The van der Waals surface area contributed by atoms with Gasteiger partial charge in [-0.1, -0.05) is 11.6 Å². The number of nitrogens with zero attached hydrogens (tertiary/aromatic N) is 4. The highest BCUT2D eigenvalue weighted by molar-refractivity contribution is 7.89. The van der Waals surface area contributed by atoms with E-state index in [-0.39, 0.29) is 21.5 Å². The van der Waals surface area contributed by atoms with Gasteiger partial charge in [0.1, 0.15) is 0 Å². The number of carbonyl (C=O) groups is 1. The van der Waals surface area contributed by atoms with E-state index in [2.05, 4.69) is 15.4 Å². The Labute approximate surface area is 174 Å². The number of halogens is 1. The first-order valence-electron chi connectivity index (χ1n) is 8.76. The number of carbonyl (C=O) groups excluding carboxylic acids is 1. The number of pyridine rings is 1. The molecule has 0 fully saturated rings. The zero-order chi connectivity index (χ0) is 21.2. The first-order valence-corrected chi connectivity index (χ1v) is 10.6. The van der Waals surface area contributed by atoms with Crippen molar-refractivity contribution in [1.82, 2.24) is 19.1 Å². The Morgan fingerprint density at radius 1 is 1.21 bits per heavy atom. The van der Waals surface area contributed by atoms with E-state index < -0.39 is 15.9 Å². The molecule has 0 bridgehead atoms. The monoisotopic (exact) mass is 433 g/mol. The highest BCUT2D eigenvalue weighted by atomic mass is 35.5. The molecule has 0 aliphatic carbocycles. The van der Waals surface area contributed by atoms with Crippen LogP contribution in [0.1, 0.15) is 24.2 Å². The number of hydrogen-bond acceptors (Lipinski definition) is 5. The topological polar surface area (TPSA) is 97.2 Å². The number of sulfonamides is 1. The van der Waals surface area contributed by atoms with Crippen molar-refractivity contribution in [2.75, 3.05) is 12.4 Å². The second-order valence-electron chi connectivity index (χ2n) is 6.54. The van der Waals surface area contributed by atoms with Gasteiger partial charge in [0.2, 0.25) is 10.0 Å². The average Bonchev–Trinajstić information content (AvgIpc) is 3.22. The van der Waals surface area contributed by atoms with Crippen LogP contribution in [0.15, 0.2) is 59.9 Å². The van der Waals surface area contributed by atoms with Crippen LogP contribution in [0.3, 0.4) is 0 Å². The lowest BCUT2D eigenvalue weighted by molar-refractivity contribution is 0.102. The third kappa shape index (κ3) is 4.31. The fourth-order valence-corrected chi connectivity index (χ4v) is 4.14. The molecule has 0 aliphatic rings. The van der Waals surface area contributed by atoms with E-state index in [4.69, 9.17) is 11.6 Å². The maximum Gasteiger partial charge on any atom is 0.257 e. The number of amides is 1. The van der Waals surface area contributed by atoms with Gasteiger partial charge in [0.15, 0.2) is 5.82 Å². The molecule has 3 aromatic rings. The van der Waals surface area contributed by atoms with Crippen LogP contribution >= 0.6 is 11.6 Å². The summed E-state index contributed by atoms with van der Waals surface area (Å²) < 4.78 is 28.3. The first kappa shape index (κ1) is 21.0. The van der Waals surface area contributed by atoms with Gasteiger partial charge in [-0.15, -0.1) is 0 Å². The summed E-state index contributed by atoms with van der Waals surface area (Å²) in [4.78, 5) is 17.1. The molecule has 10 heteroatoms. The summed E-state index contributed by atoms with van der Waals surface area (Å²) in [6, 6.07) is 8.89. The number of nitrogens with one attached hydrogen (secondary N) is 1. The highest BCUT2D eigenvalue weighted by Crippen LogP contribution is 2.25. The minimum atomic E-state index is -3.76. The van der Waals surface area contributed by atoms with Gasteiger partial charge in [0.25, 0.3) is 5.91 Å². The van der Waals surface area contributed by atoms with Crippen molar-refractivity contribution < 1.29 is 13.2 Å². The fourth-order valence-electron chi connectivity index (χ4n) is 2.54. The first-order chi connectivity index (χ1) is 13.7. The molecule has 2 aromatic heterocycles. The lowest BCUT2D eigenvalue weighted by Crippen LogP contribution is -2.33. The molecule has 0 unspecified atom stereocenters. The molecule has 3 rings (SSSR count). The van der Waals surface area contributed by atoms with Crippen molar-refractivity contribution in [3.8, 4) is 5.82 Å². The van der Waals surface area contributed by atoms with Crippen molar-refractivity contribution in [3.05, 3.63) is 65.6 Å². The van der Waals surface area contributed by atoms with Crippen molar-refractivity contribution in [2.24, 2.45) is 0 Å². The van der Waals surface area contributed by atoms with Crippen molar-refractivity contribution in [3.63, 3.8) is 0 Å². The van der Waals surface area contributed by atoms with Crippen molar-refractivity contribution in [1.29, 1.82) is 0 Å². The molecule has 0 saturated carbocycles. The summed E-state index contributed by atoms with van der Waals surface area (Å²) in [6.07, 6.45) is 4.87. The summed E-state index contributed by atoms with van der Waals surface area (Å²) >= 11 is 6.19. The standard InChI is InChI=1S/C19H20ClN5O3S/c1-13(2)24(3)29(27,28)14-7-8-16(20)15(12-14)19(26)23-17-6-4-9-21-18(17)25-11-5-10-22-25/h4-13H,1-3H3,(H,23,26). The van der Waals surface area contributed by atoms with Gasteiger partial charge in [-0.3, -0.25) is 4.79 Å². The number of anilines is 1. The largest absolute Gasteiger partial charge is 0.319 e. The Balaban J connectivity index is 1.96. The molecule has 8 nitrogen and oxygen atoms in total. The summed E-state index contributed by atoms with van der Waals surface area (Å²) in [5.41, 5.74) is 0.449. The molecule has 1 N–H and O–H groups in total. The molecule has 0 saturated heterocycles. The Morgan fingerprint density at radius 3 is 2.62 bits per heavy atom. The average molecular weight is 434 g/mol. The minimum Gasteiger partial charge on any atom is -0.319 e. The van der Waals surface area contributed by atoms with Gasteiger partial charge < -0.3 is 5.32 Å². The predicted octanol–water partition coefficient (Wildman–Crippen LogP) is 3.20. The number of aromatic nitrogens is 3. The zero-order valence-electron chi connectivity index (χ0n) is 16.1. The van der Waals surface area contributed by atoms with Gasteiger partial charge in [-0.25, -0.2) is 18.1 Å². The molecule has 0 spiro atoms. The van der Waals surface area contributed by atoms with E-state index in [0.717, 1.165) is 0 Å². The molecule has 2 heterocycles. The molecular weight excluding hydrogens is 414 g/mol. The summed E-state index contributed by atoms with van der Waals surface area (Å²) in [7, 11) is -2.27. The van der Waals surface area contributed by atoms with Crippen LogP contribution in [0.25, 0.3) is 5.82 Å². The number of hydrogen-bond donors (Lipinski definition) is 1. The van der Waals surface area contributed by atoms with Crippen LogP contribution in [0.5, 0.6) is 0 Å². The highest BCUT2D eigenvalue weighted by Gasteiger charge is 2.25. The SMILES string of the molecule is CC(C)N(C)S(=O)(=O)c1ccc(Cl)c(C(=O)Nc2cccnc2-n2cccn2)c1. The second-order valence-corrected chi connectivity index (χ2v) is 8.94. The van der Waals surface area contributed by atoms with Crippen molar-refractivity contribution in [2.45, 2.75) is 24.8 Å². The lowest BCUT2D eigenvalue weighted by atomic mass is 10.2. The molecule has 29 heavy (non-hydrogen) atoms. The minimum absolute atomic E-state index is 0.0123.